The second-order valence-electron chi connectivity index (χ2n) is 12.7. The van der Waals surface area contributed by atoms with Crippen LogP contribution in [0.2, 0.25) is 5.02 Å². The first-order chi connectivity index (χ1) is 26.3. The van der Waals surface area contributed by atoms with Crippen LogP contribution in [0, 0.1) is 13.8 Å². The van der Waals surface area contributed by atoms with Crippen LogP contribution in [0.15, 0.2) is 97.1 Å². The smallest absolute Gasteiger partial charge is 0.416 e. The summed E-state index contributed by atoms with van der Waals surface area (Å²) in [6, 6.07) is 24.7. The molecule has 11 nitrogen and oxygen atoms in total. The summed E-state index contributed by atoms with van der Waals surface area (Å²) in [7, 11) is 0. The fourth-order valence-electron chi connectivity index (χ4n) is 5.56. The van der Waals surface area contributed by atoms with E-state index in [9.17, 15) is 27.6 Å². The summed E-state index contributed by atoms with van der Waals surface area (Å²) in [6.07, 6.45) is -13.4. The Kier molecular flexibility index (Phi) is 14.1. The van der Waals surface area contributed by atoms with Gasteiger partial charge in [-0.2, -0.15) is 13.2 Å². The zero-order valence-corrected chi connectivity index (χ0v) is 30.9. The van der Waals surface area contributed by atoms with Gasteiger partial charge in [-0.25, -0.2) is 9.59 Å². The number of amides is 2. The van der Waals surface area contributed by atoms with Crippen LogP contribution in [0.1, 0.15) is 34.7 Å². The molecular formula is C40H40ClF3N2O9. The Balaban J connectivity index is 1.45. The van der Waals surface area contributed by atoms with Gasteiger partial charge in [0, 0.05) is 23.0 Å². The first kappa shape index (κ1) is 41.0. The number of hydrogen-bond acceptors (Lipinski definition) is 9. The highest BCUT2D eigenvalue weighted by molar-refractivity contribution is 6.30. The molecule has 15 heteroatoms. The van der Waals surface area contributed by atoms with E-state index >= 15 is 0 Å². The van der Waals surface area contributed by atoms with E-state index in [4.69, 9.17) is 40.0 Å². The summed E-state index contributed by atoms with van der Waals surface area (Å²) in [5, 5.41) is 5.45. The lowest BCUT2D eigenvalue weighted by atomic mass is 9.98. The largest absolute Gasteiger partial charge is 0.455 e. The molecule has 0 spiro atoms. The molecule has 4 aromatic rings. The molecular weight excluding hydrogens is 745 g/mol. The molecule has 2 N–H and O–H groups in total. The third-order valence-electron chi connectivity index (χ3n) is 8.39. The number of carbonyl (C=O) groups is 3. The normalized spacial score (nSPS) is 19.6. The average Bonchev–Trinajstić information content (AvgIpc) is 3.14. The number of alkyl halides is 3. The molecule has 292 valence electrons. The van der Waals surface area contributed by atoms with Gasteiger partial charge in [0.1, 0.15) is 18.8 Å². The molecule has 0 bridgehead atoms. The van der Waals surface area contributed by atoms with E-state index in [0.717, 1.165) is 41.0 Å². The monoisotopic (exact) mass is 784 g/mol. The first-order valence-corrected chi connectivity index (χ1v) is 17.7. The van der Waals surface area contributed by atoms with Crippen LogP contribution in [0.5, 0.6) is 0 Å². The molecule has 1 aliphatic rings. The molecule has 0 aliphatic carbocycles. The average molecular weight is 785 g/mol. The molecule has 2 amide bonds. The zero-order valence-electron chi connectivity index (χ0n) is 30.1. The number of ether oxygens (including phenoxy) is 6. The number of anilines is 2. The number of carbonyl (C=O) groups excluding carboxylic acids is 3. The van der Waals surface area contributed by atoms with Gasteiger partial charge in [0.2, 0.25) is 0 Å². The fraction of sp³-hybridized carbons (Fsp3) is 0.325. The van der Waals surface area contributed by atoms with Crippen LogP contribution in [0.4, 0.5) is 34.1 Å². The zero-order chi connectivity index (χ0) is 39.5. The van der Waals surface area contributed by atoms with Crippen LogP contribution in [-0.2, 0) is 52.4 Å². The topological polar surface area (TPSA) is 131 Å². The van der Waals surface area contributed by atoms with Gasteiger partial charge in [-0.3, -0.25) is 15.4 Å². The summed E-state index contributed by atoms with van der Waals surface area (Å²) in [5.74, 6) is -0.725. The van der Waals surface area contributed by atoms with Crippen molar-refractivity contribution in [2.75, 3.05) is 23.8 Å². The second kappa shape index (κ2) is 18.9. The fourth-order valence-corrected chi connectivity index (χ4v) is 5.69. The third-order valence-corrected chi connectivity index (χ3v) is 8.64. The highest BCUT2D eigenvalue weighted by Gasteiger charge is 2.52. The van der Waals surface area contributed by atoms with Crippen LogP contribution in [0.3, 0.4) is 0 Å². The summed E-state index contributed by atoms with van der Waals surface area (Å²) < 4.78 is 75.4. The Bertz CT molecular complexity index is 1880. The Hall–Kier alpha value is -5.15. The number of benzene rings is 4. The lowest BCUT2D eigenvalue weighted by Crippen LogP contribution is -2.63. The number of rotatable bonds is 13. The van der Waals surface area contributed by atoms with Crippen molar-refractivity contribution < 1.29 is 56.0 Å². The van der Waals surface area contributed by atoms with Crippen LogP contribution < -0.4 is 10.6 Å². The van der Waals surface area contributed by atoms with Gasteiger partial charge in [-0.15, -0.1) is 0 Å². The molecule has 1 heterocycles. The van der Waals surface area contributed by atoms with Gasteiger partial charge in [-0.1, -0.05) is 71.3 Å². The van der Waals surface area contributed by atoms with E-state index in [-0.39, 0.29) is 25.3 Å². The lowest BCUT2D eigenvalue weighted by molar-refractivity contribution is -0.311. The number of hydrogen-bond donors (Lipinski definition) is 2. The standard InChI is InChI=1S/C40H40ClF3N2O9/c1-4-50-37-36(51-22-27-11-7-25(3)8-12-27)35(55-39(49)46-30-17-13-28(14-18-30)40(42,43)44)34(54-33(47)21-26-9-5-24(2)6-10-26)32(53-37)23-52-38(48)45-31-19-15-29(41)16-20-31/h5-20,32,34-37H,4,21-23H2,1-3H3,(H,45,48)(H,46,49)/t32-,34-,35+,36-,37+/m1/s1. The minimum absolute atomic E-state index is 0.00443. The Morgan fingerprint density at radius 3 is 1.85 bits per heavy atom. The van der Waals surface area contributed by atoms with Crippen molar-refractivity contribution >= 4 is 41.1 Å². The molecule has 1 fully saturated rings. The Morgan fingerprint density at radius 2 is 1.27 bits per heavy atom. The Labute approximate surface area is 321 Å². The van der Waals surface area contributed by atoms with Crippen molar-refractivity contribution in [3.05, 3.63) is 130 Å². The quantitative estimate of drug-likeness (QED) is 0.101. The maximum Gasteiger partial charge on any atom is 0.416 e. The van der Waals surface area contributed by atoms with E-state index in [0.29, 0.717) is 16.3 Å². The van der Waals surface area contributed by atoms with Gasteiger partial charge in [-0.05, 0) is 80.4 Å². The van der Waals surface area contributed by atoms with Gasteiger partial charge in [0.15, 0.2) is 18.5 Å². The molecule has 0 saturated carbocycles. The minimum Gasteiger partial charge on any atom is -0.455 e. The molecule has 4 aromatic carbocycles. The van der Waals surface area contributed by atoms with Crippen molar-refractivity contribution in [1.29, 1.82) is 0 Å². The van der Waals surface area contributed by atoms with E-state index in [1.807, 2.05) is 50.2 Å². The summed E-state index contributed by atoms with van der Waals surface area (Å²) >= 11 is 5.95. The highest BCUT2D eigenvalue weighted by atomic mass is 35.5. The van der Waals surface area contributed by atoms with Crippen LogP contribution in [-0.4, -0.2) is 62.1 Å². The van der Waals surface area contributed by atoms with Crippen molar-refractivity contribution in [1.82, 2.24) is 0 Å². The predicted octanol–water partition coefficient (Wildman–Crippen LogP) is 8.64. The van der Waals surface area contributed by atoms with Gasteiger partial charge in [0.25, 0.3) is 0 Å². The first-order valence-electron chi connectivity index (χ1n) is 17.3. The molecule has 0 unspecified atom stereocenters. The highest BCUT2D eigenvalue weighted by Crippen LogP contribution is 2.32. The molecule has 0 radical (unpaired) electrons. The van der Waals surface area contributed by atoms with Crippen molar-refractivity contribution in [3.63, 3.8) is 0 Å². The predicted molar refractivity (Wildman–Crippen MR) is 197 cm³/mol. The van der Waals surface area contributed by atoms with Gasteiger partial charge in [0.05, 0.1) is 18.6 Å². The van der Waals surface area contributed by atoms with Crippen molar-refractivity contribution in [3.8, 4) is 0 Å². The molecule has 1 aliphatic heterocycles. The molecule has 0 aromatic heterocycles. The van der Waals surface area contributed by atoms with E-state index in [1.54, 1.807) is 43.3 Å². The minimum atomic E-state index is -4.59. The second-order valence-corrected chi connectivity index (χ2v) is 13.1. The summed E-state index contributed by atoms with van der Waals surface area (Å²) in [6.45, 7) is 5.13. The Morgan fingerprint density at radius 1 is 0.709 bits per heavy atom. The molecule has 55 heavy (non-hydrogen) atoms. The maximum atomic E-state index is 13.5. The maximum absolute atomic E-state index is 13.5. The molecule has 5 rings (SSSR count). The van der Waals surface area contributed by atoms with Gasteiger partial charge < -0.3 is 28.4 Å². The number of nitrogens with one attached hydrogen (secondary N) is 2. The third kappa shape index (κ3) is 12.2. The molecule has 5 atom stereocenters. The molecule has 1 saturated heterocycles. The van der Waals surface area contributed by atoms with E-state index in [2.05, 4.69) is 10.6 Å². The van der Waals surface area contributed by atoms with Gasteiger partial charge >= 0.3 is 24.3 Å². The summed E-state index contributed by atoms with van der Waals surface area (Å²) in [4.78, 5) is 39.9. The van der Waals surface area contributed by atoms with Crippen LogP contribution >= 0.6 is 11.6 Å². The lowest BCUT2D eigenvalue weighted by Gasteiger charge is -2.44. The van der Waals surface area contributed by atoms with E-state index in [1.165, 1.54) is 0 Å². The van der Waals surface area contributed by atoms with Crippen molar-refractivity contribution in [2.24, 2.45) is 0 Å². The van der Waals surface area contributed by atoms with Crippen LogP contribution in [0.25, 0.3) is 0 Å². The SMILES string of the molecule is CCO[C@H]1O[C@H](COC(=O)Nc2ccc(Cl)cc2)[C@@H](OC(=O)Cc2ccc(C)cc2)[C@H](OC(=O)Nc2ccc(C(F)(F)F)cc2)[C@H]1OCc1ccc(C)cc1. The number of esters is 1. The summed E-state index contributed by atoms with van der Waals surface area (Å²) in [5.41, 5.74) is 2.86. The number of aryl methyl sites for hydroxylation is 2. The number of halogens is 4. The van der Waals surface area contributed by atoms with Crippen molar-refractivity contribution in [2.45, 2.75) is 70.7 Å². The van der Waals surface area contributed by atoms with E-state index < -0.39 is 67.2 Å².